The van der Waals surface area contributed by atoms with Gasteiger partial charge in [0.05, 0.1) is 5.69 Å². The second-order valence-corrected chi connectivity index (χ2v) is 6.58. The van der Waals surface area contributed by atoms with Crippen LogP contribution in [-0.4, -0.2) is 17.5 Å². The predicted octanol–water partition coefficient (Wildman–Crippen LogP) is 5.03. The molecule has 0 atom stereocenters. The number of rotatable bonds is 5. The smallest absolute Gasteiger partial charge is 0.387 e. The maximum absolute atomic E-state index is 12.4. The molecule has 1 N–H and O–H groups in total. The van der Waals surface area contributed by atoms with Gasteiger partial charge >= 0.3 is 6.61 Å². The average molecular weight is 366 g/mol. The zero-order chi connectivity index (χ0) is 17.1. The summed E-state index contributed by atoms with van der Waals surface area (Å²) in [6.45, 7) is -1.10. The lowest BCUT2D eigenvalue weighted by molar-refractivity contribution is -0.0498. The molecular formula is C16H12F2N2O2S2. The Labute approximate surface area is 144 Å². The number of thiophene rings is 1. The van der Waals surface area contributed by atoms with Gasteiger partial charge in [0.25, 0.3) is 5.91 Å². The van der Waals surface area contributed by atoms with E-state index in [9.17, 15) is 13.6 Å². The minimum absolute atomic E-state index is 0.0386. The van der Waals surface area contributed by atoms with Crippen LogP contribution in [0.3, 0.4) is 0 Å². The number of benzene rings is 1. The molecule has 0 aliphatic heterocycles. The minimum atomic E-state index is -2.87. The second-order valence-electron chi connectivity index (χ2n) is 4.80. The molecule has 0 radical (unpaired) electrons. The van der Waals surface area contributed by atoms with Crippen molar-refractivity contribution in [3.8, 4) is 16.3 Å². The second kappa shape index (κ2) is 7.06. The van der Waals surface area contributed by atoms with E-state index < -0.39 is 6.61 Å². The standard InChI is InChI=1S/C16H12F2N2O2S2/c1-9-13(24-15(19-9)10-6-7-23-8-10)14(21)20-11-2-4-12(5-3-11)22-16(17)18/h2-8,16H,1H3,(H,20,21). The van der Waals surface area contributed by atoms with Crippen LogP contribution in [0.25, 0.3) is 10.6 Å². The minimum Gasteiger partial charge on any atom is -0.435 e. The molecule has 0 aliphatic rings. The Morgan fingerprint density at radius 2 is 2.00 bits per heavy atom. The fraction of sp³-hybridized carbons (Fsp3) is 0.125. The highest BCUT2D eigenvalue weighted by molar-refractivity contribution is 7.17. The van der Waals surface area contributed by atoms with Gasteiger partial charge in [0.15, 0.2) is 0 Å². The first-order valence-corrected chi connectivity index (χ1v) is 8.65. The molecule has 2 heterocycles. The number of hydrogen-bond acceptors (Lipinski definition) is 5. The normalized spacial score (nSPS) is 10.8. The molecule has 24 heavy (non-hydrogen) atoms. The molecule has 0 spiro atoms. The first-order chi connectivity index (χ1) is 11.5. The van der Waals surface area contributed by atoms with E-state index in [1.807, 2.05) is 16.8 Å². The van der Waals surface area contributed by atoms with E-state index in [1.165, 1.54) is 35.6 Å². The van der Waals surface area contributed by atoms with Crippen LogP contribution in [-0.2, 0) is 0 Å². The number of ether oxygens (including phenoxy) is 1. The summed E-state index contributed by atoms with van der Waals surface area (Å²) in [6.07, 6.45) is 0. The van der Waals surface area contributed by atoms with Crippen LogP contribution in [0.1, 0.15) is 15.4 Å². The van der Waals surface area contributed by atoms with Crippen LogP contribution >= 0.6 is 22.7 Å². The summed E-state index contributed by atoms with van der Waals surface area (Å²) in [5, 5.41) is 7.45. The SMILES string of the molecule is Cc1nc(-c2ccsc2)sc1C(=O)Nc1ccc(OC(F)F)cc1. The molecule has 0 aliphatic carbocycles. The van der Waals surface area contributed by atoms with Gasteiger partial charge < -0.3 is 10.1 Å². The van der Waals surface area contributed by atoms with E-state index in [0.717, 1.165) is 10.6 Å². The zero-order valence-corrected chi connectivity index (χ0v) is 14.1. The summed E-state index contributed by atoms with van der Waals surface area (Å²) in [6, 6.07) is 7.71. The Bertz CT molecular complexity index is 830. The van der Waals surface area contributed by atoms with Crippen molar-refractivity contribution < 1.29 is 18.3 Å². The highest BCUT2D eigenvalue weighted by Gasteiger charge is 2.16. The third kappa shape index (κ3) is 3.77. The van der Waals surface area contributed by atoms with E-state index in [-0.39, 0.29) is 11.7 Å². The first kappa shape index (κ1) is 16.5. The Morgan fingerprint density at radius 3 is 2.62 bits per heavy atom. The molecule has 0 unspecified atom stereocenters. The van der Waals surface area contributed by atoms with Gasteiger partial charge in [0, 0.05) is 16.6 Å². The number of carbonyl (C=O) groups excluding carboxylic acids is 1. The van der Waals surface area contributed by atoms with E-state index in [4.69, 9.17) is 0 Å². The predicted molar refractivity (Wildman–Crippen MR) is 91.2 cm³/mol. The Hall–Kier alpha value is -2.32. The first-order valence-electron chi connectivity index (χ1n) is 6.89. The number of amides is 1. The zero-order valence-electron chi connectivity index (χ0n) is 12.5. The number of carbonyl (C=O) groups is 1. The molecule has 4 nitrogen and oxygen atoms in total. The molecule has 1 aromatic carbocycles. The van der Waals surface area contributed by atoms with E-state index in [2.05, 4.69) is 15.0 Å². The van der Waals surface area contributed by atoms with Gasteiger partial charge in [-0.05, 0) is 42.6 Å². The number of aromatic nitrogens is 1. The van der Waals surface area contributed by atoms with Crippen molar-refractivity contribution in [3.05, 3.63) is 51.7 Å². The number of nitrogens with one attached hydrogen (secondary N) is 1. The summed E-state index contributed by atoms with van der Waals surface area (Å²) in [7, 11) is 0. The van der Waals surface area contributed by atoms with Crippen LogP contribution < -0.4 is 10.1 Å². The monoisotopic (exact) mass is 366 g/mol. The lowest BCUT2D eigenvalue weighted by Crippen LogP contribution is -2.11. The summed E-state index contributed by atoms with van der Waals surface area (Å²) in [5.41, 5.74) is 2.13. The summed E-state index contributed by atoms with van der Waals surface area (Å²) in [4.78, 5) is 17.3. The molecule has 3 aromatic rings. The number of hydrogen-bond donors (Lipinski definition) is 1. The van der Waals surface area contributed by atoms with Crippen molar-refractivity contribution >= 4 is 34.3 Å². The molecule has 3 rings (SSSR count). The highest BCUT2D eigenvalue weighted by Crippen LogP contribution is 2.30. The van der Waals surface area contributed by atoms with Gasteiger partial charge in [0.1, 0.15) is 15.6 Å². The summed E-state index contributed by atoms with van der Waals surface area (Å²) >= 11 is 2.88. The third-order valence-electron chi connectivity index (χ3n) is 3.11. The van der Waals surface area contributed by atoms with Crippen LogP contribution in [0.4, 0.5) is 14.5 Å². The molecule has 2 aromatic heterocycles. The van der Waals surface area contributed by atoms with Gasteiger partial charge in [-0.1, -0.05) is 0 Å². The van der Waals surface area contributed by atoms with Gasteiger partial charge in [-0.3, -0.25) is 4.79 Å². The fourth-order valence-corrected chi connectivity index (χ4v) is 3.70. The number of thiazole rings is 1. The van der Waals surface area contributed by atoms with Crippen molar-refractivity contribution in [2.24, 2.45) is 0 Å². The largest absolute Gasteiger partial charge is 0.435 e. The molecule has 0 saturated carbocycles. The highest BCUT2D eigenvalue weighted by atomic mass is 32.1. The van der Waals surface area contributed by atoms with Crippen molar-refractivity contribution in [3.63, 3.8) is 0 Å². The number of nitrogens with zero attached hydrogens (tertiary/aromatic N) is 1. The molecule has 124 valence electrons. The van der Waals surface area contributed by atoms with E-state index in [1.54, 1.807) is 18.3 Å². The Kier molecular flexibility index (Phi) is 4.86. The molecule has 0 bridgehead atoms. The Morgan fingerprint density at radius 1 is 1.25 bits per heavy atom. The van der Waals surface area contributed by atoms with E-state index in [0.29, 0.717) is 16.3 Å². The molecule has 0 saturated heterocycles. The van der Waals surface area contributed by atoms with Gasteiger partial charge in [0.2, 0.25) is 0 Å². The Balaban J connectivity index is 1.73. The van der Waals surface area contributed by atoms with Crippen molar-refractivity contribution in [1.82, 2.24) is 4.98 Å². The van der Waals surface area contributed by atoms with E-state index >= 15 is 0 Å². The molecule has 1 amide bonds. The van der Waals surface area contributed by atoms with Crippen molar-refractivity contribution in [2.75, 3.05) is 5.32 Å². The van der Waals surface area contributed by atoms with Crippen LogP contribution in [0.2, 0.25) is 0 Å². The van der Waals surface area contributed by atoms with Crippen molar-refractivity contribution in [2.45, 2.75) is 13.5 Å². The quantitative estimate of drug-likeness (QED) is 0.689. The van der Waals surface area contributed by atoms with Crippen molar-refractivity contribution in [1.29, 1.82) is 0 Å². The lowest BCUT2D eigenvalue weighted by Gasteiger charge is -2.07. The third-order valence-corrected chi connectivity index (χ3v) is 5.00. The topological polar surface area (TPSA) is 51.2 Å². The van der Waals surface area contributed by atoms with Crippen LogP contribution in [0.15, 0.2) is 41.1 Å². The molecular weight excluding hydrogens is 354 g/mol. The maximum atomic E-state index is 12.4. The van der Waals surface area contributed by atoms with Gasteiger partial charge in [-0.15, -0.1) is 11.3 Å². The maximum Gasteiger partial charge on any atom is 0.387 e. The number of anilines is 1. The van der Waals surface area contributed by atoms with Gasteiger partial charge in [-0.2, -0.15) is 20.1 Å². The van der Waals surface area contributed by atoms with Crippen LogP contribution in [0.5, 0.6) is 5.75 Å². The molecule has 0 fully saturated rings. The van der Waals surface area contributed by atoms with Crippen LogP contribution in [0, 0.1) is 6.92 Å². The number of alkyl halides is 2. The summed E-state index contributed by atoms with van der Waals surface area (Å²) < 4.78 is 28.5. The average Bonchev–Trinajstić information content (AvgIpc) is 3.18. The lowest BCUT2D eigenvalue weighted by atomic mass is 10.3. The fourth-order valence-electron chi connectivity index (χ4n) is 2.02. The number of aryl methyl sites for hydroxylation is 1. The molecule has 8 heteroatoms. The number of halogens is 2. The summed E-state index contributed by atoms with van der Waals surface area (Å²) in [5.74, 6) is -0.245. The van der Waals surface area contributed by atoms with Gasteiger partial charge in [-0.25, -0.2) is 4.98 Å².